The Morgan fingerprint density at radius 2 is 1.20 bits per heavy atom. The van der Waals surface area contributed by atoms with Crippen LogP contribution in [-0.2, 0) is 20.7 Å². The van der Waals surface area contributed by atoms with Gasteiger partial charge in [-0.05, 0) is 78.0 Å². The highest BCUT2D eigenvalue weighted by molar-refractivity contribution is 14.0. The molecule has 0 saturated heterocycles. The number of hydrogen-bond acceptors (Lipinski definition) is 11. The van der Waals surface area contributed by atoms with Gasteiger partial charge >= 0.3 is 0 Å². The smallest absolute Gasteiger partial charge is 0.261 e. The van der Waals surface area contributed by atoms with Crippen molar-refractivity contribution in [2.75, 3.05) is 34.6 Å². The third-order valence-corrected chi connectivity index (χ3v) is 11.6. The Bertz CT molecular complexity index is 2190. The number of aliphatic imine (C=N–C) groups is 2. The molecule has 4 heterocycles. The molecule has 16 heteroatoms. The molecule has 0 fully saturated rings. The lowest BCUT2D eigenvalue weighted by Gasteiger charge is -2.37. The Balaban J connectivity index is 0.000000204. The van der Waals surface area contributed by atoms with Crippen LogP contribution in [-0.4, -0.2) is 67.3 Å². The second-order valence-corrected chi connectivity index (χ2v) is 15.6. The van der Waals surface area contributed by atoms with Gasteiger partial charge in [-0.15, -0.1) is 24.0 Å². The van der Waals surface area contributed by atoms with Gasteiger partial charge in [-0.3, -0.25) is 19.4 Å². The largest absolute Gasteiger partial charge is 0.497 e. The van der Waals surface area contributed by atoms with Crippen LogP contribution < -0.4 is 30.8 Å². The Kier molecular flexibility index (Phi) is 12.9. The number of halogens is 3. The molecule has 0 aromatic heterocycles. The van der Waals surface area contributed by atoms with E-state index >= 15 is 0 Å². The van der Waals surface area contributed by atoms with Crippen LogP contribution >= 0.6 is 67.6 Å². The van der Waals surface area contributed by atoms with E-state index in [-0.39, 0.29) is 60.1 Å². The monoisotopic (exact) mass is 1010 g/mol. The summed E-state index contributed by atoms with van der Waals surface area (Å²) in [6.07, 6.45) is 2.11. The van der Waals surface area contributed by atoms with Crippen LogP contribution in [0.3, 0.4) is 0 Å². The minimum Gasteiger partial charge on any atom is -0.497 e. The number of guanidine groups is 1. The van der Waals surface area contributed by atoms with Crippen molar-refractivity contribution in [2.45, 2.75) is 36.1 Å². The summed E-state index contributed by atoms with van der Waals surface area (Å²) in [6, 6.07) is 26.8. The molecule has 8 rings (SSSR count). The fraction of sp³-hybridized carbons (Fsp3) is 0.282. The molecule has 4 aliphatic rings. The predicted molar refractivity (Wildman–Crippen MR) is 232 cm³/mol. The van der Waals surface area contributed by atoms with Gasteiger partial charge in [0, 0.05) is 47.0 Å². The van der Waals surface area contributed by atoms with Gasteiger partial charge in [0.2, 0.25) is 0 Å². The SMILES string of the molecule is COc1cccc(C2CC3(N=C(N)N(C)C3=O)c3cc(Br)ccc3O2)c1.COc1cccc(C2CC3(N=C(SC)N(C)C3=O)c3cc(Br)ccc3O2)c1.I.N. The quantitative estimate of drug-likeness (QED) is 0.192. The van der Waals surface area contributed by atoms with E-state index in [9.17, 15) is 9.59 Å². The zero-order chi connectivity index (χ0) is 37.7. The van der Waals surface area contributed by atoms with Crippen LogP contribution in [0.4, 0.5) is 0 Å². The van der Waals surface area contributed by atoms with Crippen molar-refractivity contribution in [3.8, 4) is 23.0 Å². The number of hydrogen-bond donors (Lipinski definition) is 2. The summed E-state index contributed by atoms with van der Waals surface area (Å²) in [6.45, 7) is 0. The molecule has 12 nitrogen and oxygen atoms in total. The number of thioether (sulfide) groups is 1. The first-order valence-corrected chi connectivity index (χ1v) is 19.5. The van der Waals surface area contributed by atoms with Gasteiger partial charge in [-0.1, -0.05) is 67.9 Å². The number of amides is 2. The fourth-order valence-corrected chi connectivity index (χ4v) is 8.53. The minimum absolute atomic E-state index is 0. The standard InChI is InChI=1S/C20H19BrN2O3S.C19H18BrN3O3.HI.H3N/c1-23-18(24)20(22-19(23)27-3)11-17(12-5-4-6-14(9-12)25-2)26-16-8-7-13(21)10-15(16)20;1-23-17(24)19(22-18(23)21)10-16(11-4-3-5-13(8-11)25-2)26-15-7-6-12(20)9-14(15)19;;/h4-10,17H,11H2,1-3H3;3-9,16H,10H2,1-2H3,(H2,21,22);1H;1H3. The highest BCUT2D eigenvalue weighted by Gasteiger charge is 2.55. The zero-order valence-electron chi connectivity index (χ0n) is 30.7. The van der Waals surface area contributed by atoms with E-state index in [2.05, 4.69) is 36.9 Å². The molecule has 5 N–H and O–H groups in total. The fourth-order valence-electron chi connectivity index (χ4n) is 7.21. The number of likely N-dealkylation sites (N-methyl/N-ethyl adjacent to an activating group) is 2. The molecule has 4 unspecified atom stereocenters. The number of methoxy groups -OCH3 is 2. The van der Waals surface area contributed by atoms with Crippen molar-refractivity contribution in [1.82, 2.24) is 16.0 Å². The van der Waals surface area contributed by atoms with Crippen molar-refractivity contribution < 1.29 is 28.5 Å². The molecule has 2 spiro atoms. The third-order valence-electron chi connectivity index (χ3n) is 9.93. The predicted octanol–water partition coefficient (Wildman–Crippen LogP) is 8.11. The average molecular weight is 1010 g/mol. The topological polar surface area (TPSA) is 163 Å². The van der Waals surface area contributed by atoms with Crippen molar-refractivity contribution in [3.05, 3.63) is 116 Å². The van der Waals surface area contributed by atoms with Crippen LogP contribution in [0, 0.1) is 0 Å². The molecular formula is C39H41Br2IN6O6S. The maximum Gasteiger partial charge on any atom is 0.261 e. The molecule has 2 amide bonds. The number of carbonyl (C=O) groups is 2. The van der Waals surface area contributed by atoms with Crippen LogP contribution in [0.2, 0.25) is 0 Å². The molecule has 290 valence electrons. The maximum absolute atomic E-state index is 13.3. The number of rotatable bonds is 4. The highest BCUT2D eigenvalue weighted by Crippen LogP contribution is 2.52. The number of carbonyl (C=O) groups excluding carboxylic acids is 2. The summed E-state index contributed by atoms with van der Waals surface area (Å²) < 4.78 is 24.9. The molecule has 4 aliphatic heterocycles. The van der Waals surface area contributed by atoms with Crippen molar-refractivity contribution in [1.29, 1.82) is 0 Å². The number of benzene rings is 4. The Morgan fingerprint density at radius 1 is 0.745 bits per heavy atom. The van der Waals surface area contributed by atoms with E-state index in [0.29, 0.717) is 24.3 Å². The van der Waals surface area contributed by atoms with Gasteiger partial charge in [0.25, 0.3) is 11.8 Å². The van der Waals surface area contributed by atoms with Crippen LogP contribution in [0.1, 0.15) is 47.3 Å². The van der Waals surface area contributed by atoms with E-state index in [4.69, 9.17) is 29.7 Å². The molecule has 0 aliphatic carbocycles. The maximum atomic E-state index is 13.3. The first-order chi connectivity index (χ1) is 25.4. The lowest BCUT2D eigenvalue weighted by Crippen LogP contribution is -2.43. The number of nitrogens with zero attached hydrogens (tertiary/aromatic N) is 4. The van der Waals surface area contributed by atoms with Gasteiger partial charge in [0.05, 0.1) is 14.2 Å². The van der Waals surface area contributed by atoms with Gasteiger partial charge in [0.15, 0.2) is 22.2 Å². The van der Waals surface area contributed by atoms with Crippen LogP contribution in [0.25, 0.3) is 0 Å². The van der Waals surface area contributed by atoms with E-state index in [0.717, 1.165) is 47.9 Å². The highest BCUT2D eigenvalue weighted by atomic mass is 127. The summed E-state index contributed by atoms with van der Waals surface area (Å²) in [5, 5.41) is 0.720. The average Bonchev–Trinajstić information content (AvgIpc) is 3.54. The summed E-state index contributed by atoms with van der Waals surface area (Å²) in [5.74, 6) is 2.85. The molecule has 0 radical (unpaired) electrons. The van der Waals surface area contributed by atoms with Gasteiger partial charge < -0.3 is 30.8 Å². The van der Waals surface area contributed by atoms with Gasteiger partial charge in [-0.25, -0.2) is 9.98 Å². The summed E-state index contributed by atoms with van der Waals surface area (Å²) in [5.41, 5.74) is 7.34. The first-order valence-electron chi connectivity index (χ1n) is 16.7. The van der Waals surface area contributed by atoms with E-state index < -0.39 is 11.1 Å². The lowest BCUT2D eigenvalue weighted by molar-refractivity contribution is -0.133. The number of fused-ring (bicyclic) bond motifs is 4. The molecule has 4 atom stereocenters. The molecule has 0 bridgehead atoms. The lowest BCUT2D eigenvalue weighted by atomic mass is 9.80. The second-order valence-electron chi connectivity index (χ2n) is 13.0. The summed E-state index contributed by atoms with van der Waals surface area (Å²) >= 11 is 8.47. The molecule has 4 aromatic carbocycles. The molecular weight excluding hydrogens is 967 g/mol. The summed E-state index contributed by atoms with van der Waals surface area (Å²) in [7, 11) is 6.68. The second kappa shape index (κ2) is 16.7. The van der Waals surface area contributed by atoms with Crippen LogP contribution in [0.5, 0.6) is 23.0 Å². The number of nitrogens with two attached hydrogens (primary N) is 1. The van der Waals surface area contributed by atoms with E-state index in [1.165, 1.54) is 16.7 Å². The minimum atomic E-state index is -1.08. The number of amidine groups is 1. The van der Waals surface area contributed by atoms with E-state index in [1.807, 2.05) is 91.2 Å². The van der Waals surface area contributed by atoms with E-state index in [1.54, 1.807) is 33.2 Å². The number of ether oxygens (including phenoxy) is 4. The summed E-state index contributed by atoms with van der Waals surface area (Å²) in [4.78, 5) is 38.9. The van der Waals surface area contributed by atoms with Gasteiger partial charge in [0.1, 0.15) is 35.2 Å². The van der Waals surface area contributed by atoms with Gasteiger partial charge in [-0.2, -0.15) is 0 Å². The Labute approximate surface area is 358 Å². The molecule has 55 heavy (non-hydrogen) atoms. The Hall–Kier alpha value is -3.84. The Morgan fingerprint density at radius 3 is 1.60 bits per heavy atom. The molecule has 0 saturated carbocycles. The third kappa shape index (κ3) is 7.55. The first kappa shape index (κ1) is 42.3. The van der Waals surface area contributed by atoms with Crippen molar-refractivity contribution in [3.63, 3.8) is 0 Å². The zero-order valence-corrected chi connectivity index (χ0v) is 37.1. The normalized spacial score (nSPS) is 23.2. The molecule has 4 aromatic rings. The van der Waals surface area contributed by atoms with Crippen molar-refractivity contribution >= 4 is 90.5 Å². The van der Waals surface area contributed by atoms with Crippen LogP contribution in [0.15, 0.2) is 104 Å². The van der Waals surface area contributed by atoms with Crippen molar-refractivity contribution in [2.24, 2.45) is 15.7 Å².